The maximum Gasteiger partial charge on any atom is 0.110 e. The standard InChI is InChI=1S/C18H25F/c19-17-13-7-8-14-18(17,15-9-3-1-4-10-15)16-11-5-2-6-12-16/h1,3-4,9-10,16-17H,2,5-8,11-14H2. The first kappa shape index (κ1) is 13.1. The average Bonchev–Trinajstić information content (AvgIpc) is 2.50. The van der Waals surface area contributed by atoms with Gasteiger partial charge in [0, 0.05) is 5.41 Å². The molecule has 0 bridgehead atoms. The summed E-state index contributed by atoms with van der Waals surface area (Å²) in [6.07, 6.45) is 9.87. The van der Waals surface area contributed by atoms with Crippen LogP contribution >= 0.6 is 0 Å². The molecule has 0 aliphatic heterocycles. The molecule has 0 nitrogen and oxygen atoms in total. The van der Waals surface area contributed by atoms with Crippen LogP contribution in [0.1, 0.15) is 63.4 Å². The van der Waals surface area contributed by atoms with Crippen LogP contribution in [0, 0.1) is 5.92 Å². The van der Waals surface area contributed by atoms with Gasteiger partial charge in [0.05, 0.1) is 0 Å². The molecule has 0 spiro atoms. The summed E-state index contributed by atoms with van der Waals surface area (Å²) in [7, 11) is 0. The van der Waals surface area contributed by atoms with E-state index in [2.05, 4.69) is 24.3 Å². The third kappa shape index (κ3) is 2.32. The van der Waals surface area contributed by atoms with E-state index in [1.165, 1.54) is 44.1 Å². The van der Waals surface area contributed by atoms with Gasteiger partial charge in [-0.05, 0) is 37.2 Å². The van der Waals surface area contributed by atoms with Crippen LogP contribution < -0.4 is 0 Å². The number of hydrogen-bond donors (Lipinski definition) is 0. The van der Waals surface area contributed by atoms with E-state index in [0.717, 1.165) is 19.3 Å². The van der Waals surface area contributed by atoms with Crippen molar-refractivity contribution in [3.8, 4) is 0 Å². The summed E-state index contributed by atoms with van der Waals surface area (Å²) in [6, 6.07) is 10.6. The lowest BCUT2D eigenvalue weighted by atomic mass is 9.58. The summed E-state index contributed by atoms with van der Waals surface area (Å²) in [5.74, 6) is 0.568. The summed E-state index contributed by atoms with van der Waals surface area (Å²) in [6.45, 7) is 0. The lowest BCUT2D eigenvalue weighted by molar-refractivity contribution is 0.0522. The van der Waals surface area contributed by atoms with E-state index in [1.807, 2.05) is 6.07 Å². The van der Waals surface area contributed by atoms with Gasteiger partial charge >= 0.3 is 0 Å². The molecule has 104 valence electrons. The van der Waals surface area contributed by atoms with Crippen LogP contribution in [0.3, 0.4) is 0 Å². The first-order chi connectivity index (χ1) is 9.34. The topological polar surface area (TPSA) is 0 Å². The van der Waals surface area contributed by atoms with E-state index in [-0.39, 0.29) is 5.41 Å². The van der Waals surface area contributed by atoms with Gasteiger partial charge in [-0.25, -0.2) is 4.39 Å². The molecule has 1 aromatic rings. The summed E-state index contributed by atoms with van der Waals surface area (Å²) in [5.41, 5.74) is 1.11. The van der Waals surface area contributed by atoms with Gasteiger partial charge in [-0.3, -0.25) is 0 Å². The molecule has 0 amide bonds. The molecule has 0 aromatic heterocycles. The molecule has 3 rings (SSSR count). The molecule has 0 saturated heterocycles. The first-order valence-electron chi connectivity index (χ1n) is 8.03. The Hall–Kier alpha value is -0.850. The highest BCUT2D eigenvalue weighted by Crippen LogP contribution is 2.51. The molecular weight excluding hydrogens is 235 g/mol. The van der Waals surface area contributed by atoms with E-state index in [4.69, 9.17) is 0 Å². The zero-order chi connectivity index (χ0) is 13.1. The van der Waals surface area contributed by atoms with Gasteiger partial charge in [0.25, 0.3) is 0 Å². The molecule has 2 aliphatic carbocycles. The van der Waals surface area contributed by atoms with Crippen molar-refractivity contribution < 1.29 is 4.39 Å². The highest BCUT2D eigenvalue weighted by Gasteiger charge is 2.48. The second kappa shape index (κ2) is 5.64. The van der Waals surface area contributed by atoms with Crippen LogP contribution in [0.4, 0.5) is 4.39 Å². The maximum atomic E-state index is 15.0. The molecule has 0 heterocycles. The van der Waals surface area contributed by atoms with E-state index < -0.39 is 6.17 Å². The lowest BCUT2D eigenvalue weighted by Gasteiger charge is -2.48. The van der Waals surface area contributed by atoms with Crippen LogP contribution in [-0.4, -0.2) is 6.17 Å². The highest BCUT2D eigenvalue weighted by atomic mass is 19.1. The molecule has 2 saturated carbocycles. The van der Waals surface area contributed by atoms with Gasteiger partial charge in [-0.1, -0.05) is 62.4 Å². The number of alkyl halides is 1. The van der Waals surface area contributed by atoms with E-state index >= 15 is 0 Å². The van der Waals surface area contributed by atoms with E-state index in [9.17, 15) is 4.39 Å². The van der Waals surface area contributed by atoms with Crippen LogP contribution in [0.15, 0.2) is 30.3 Å². The van der Waals surface area contributed by atoms with Crippen molar-refractivity contribution in [1.82, 2.24) is 0 Å². The second-order valence-electron chi connectivity index (χ2n) is 6.45. The minimum Gasteiger partial charge on any atom is -0.246 e. The predicted molar refractivity (Wildman–Crippen MR) is 78.1 cm³/mol. The third-order valence-corrected chi connectivity index (χ3v) is 5.50. The molecule has 2 unspecified atom stereocenters. The van der Waals surface area contributed by atoms with Crippen LogP contribution in [0.25, 0.3) is 0 Å². The summed E-state index contributed by atoms with van der Waals surface area (Å²) in [4.78, 5) is 0. The maximum absolute atomic E-state index is 15.0. The molecule has 2 atom stereocenters. The molecule has 1 heteroatoms. The highest BCUT2D eigenvalue weighted by molar-refractivity contribution is 5.29. The van der Waals surface area contributed by atoms with Crippen molar-refractivity contribution in [1.29, 1.82) is 0 Å². The minimum absolute atomic E-state index is 0.167. The van der Waals surface area contributed by atoms with E-state index in [0.29, 0.717) is 5.92 Å². The number of benzene rings is 1. The first-order valence-corrected chi connectivity index (χ1v) is 8.03. The minimum atomic E-state index is -0.633. The fourth-order valence-corrected chi connectivity index (χ4v) is 4.54. The molecule has 19 heavy (non-hydrogen) atoms. The summed E-state index contributed by atoms with van der Waals surface area (Å²) < 4.78 is 15.0. The van der Waals surface area contributed by atoms with Crippen LogP contribution in [0.2, 0.25) is 0 Å². The van der Waals surface area contributed by atoms with E-state index in [1.54, 1.807) is 0 Å². The van der Waals surface area contributed by atoms with Gasteiger partial charge in [-0.15, -0.1) is 0 Å². The fraction of sp³-hybridized carbons (Fsp3) is 0.667. The van der Waals surface area contributed by atoms with Gasteiger partial charge < -0.3 is 0 Å². The SMILES string of the molecule is FC1CCCCC1(c1ccccc1)C1CCCCC1. The van der Waals surface area contributed by atoms with Crippen molar-refractivity contribution in [2.45, 2.75) is 69.4 Å². The van der Waals surface area contributed by atoms with Gasteiger partial charge in [-0.2, -0.15) is 0 Å². The molecule has 0 N–H and O–H groups in total. The Kier molecular flexibility index (Phi) is 3.91. The normalized spacial score (nSPS) is 33.2. The Morgan fingerprint density at radius 2 is 1.53 bits per heavy atom. The van der Waals surface area contributed by atoms with Gasteiger partial charge in [0.1, 0.15) is 6.17 Å². The number of halogens is 1. The molecule has 2 aliphatic rings. The number of rotatable bonds is 2. The van der Waals surface area contributed by atoms with Gasteiger partial charge in [0.2, 0.25) is 0 Å². The molecule has 2 fully saturated rings. The Morgan fingerprint density at radius 3 is 2.21 bits per heavy atom. The Morgan fingerprint density at radius 1 is 0.842 bits per heavy atom. The quantitative estimate of drug-likeness (QED) is 0.666. The smallest absolute Gasteiger partial charge is 0.110 e. The van der Waals surface area contributed by atoms with Gasteiger partial charge in [0.15, 0.2) is 0 Å². The Balaban J connectivity index is 1.99. The van der Waals surface area contributed by atoms with Crippen molar-refractivity contribution in [3.05, 3.63) is 35.9 Å². The second-order valence-corrected chi connectivity index (χ2v) is 6.45. The lowest BCUT2D eigenvalue weighted by Crippen LogP contribution is -2.46. The van der Waals surface area contributed by atoms with Crippen molar-refractivity contribution in [2.75, 3.05) is 0 Å². The van der Waals surface area contributed by atoms with Crippen molar-refractivity contribution in [2.24, 2.45) is 5.92 Å². The van der Waals surface area contributed by atoms with Crippen LogP contribution in [-0.2, 0) is 5.41 Å². The molecule has 1 aromatic carbocycles. The zero-order valence-corrected chi connectivity index (χ0v) is 11.8. The predicted octanol–water partition coefficient (Wildman–Crippen LogP) is 5.42. The zero-order valence-electron chi connectivity index (χ0n) is 11.8. The Bertz CT molecular complexity index is 393. The average molecular weight is 260 g/mol. The van der Waals surface area contributed by atoms with Crippen molar-refractivity contribution >= 4 is 0 Å². The van der Waals surface area contributed by atoms with Crippen LogP contribution in [0.5, 0.6) is 0 Å². The fourth-order valence-electron chi connectivity index (χ4n) is 4.54. The summed E-state index contributed by atoms with van der Waals surface area (Å²) in [5, 5.41) is 0. The molecule has 0 radical (unpaired) electrons. The van der Waals surface area contributed by atoms with Crippen molar-refractivity contribution in [3.63, 3.8) is 0 Å². The molecular formula is C18H25F. The summed E-state index contributed by atoms with van der Waals surface area (Å²) >= 11 is 0. The Labute approximate surface area is 116 Å². The number of hydrogen-bond acceptors (Lipinski definition) is 0. The third-order valence-electron chi connectivity index (χ3n) is 5.50. The largest absolute Gasteiger partial charge is 0.246 e. The monoisotopic (exact) mass is 260 g/mol.